The van der Waals surface area contributed by atoms with Gasteiger partial charge in [0.1, 0.15) is 11.6 Å². The lowest BCUT2D eigenvalue weighted by Gasteiger charge is -2.30. The van der Waals surface area contributed by atoms with Gasteiger partial charge in [0.2, 0.25) is 0 Å². The van der Waals surface area contributed by atoms with Gasteiger partial charge in [0.05, 0.1) is 6.10 Å². The lowest BCUT2D eigenvalue weighted by atomic mass is 9.78. The molecule has 1 aromatic carbocycles. The molecule has 0 spiro atoms. The Kier molecular flexibility index (Phi) is 3.77. The van der Waals surface area contributed by atoms with Crippen LogP contribution in [0.4, 0.5) is 8.78 Å². The maximum Gasteiger partial charge on any atom is 0.129 e. The molecule has 0 amide bonds. The summed E-state index contributed by atoms with van der Waals surface area (Å²) in [6.07, 6.45) is 3.11. The van der Waals surface area contributed by atoms with Crippen molar-refractivity contribution < 1.29 is 13.9 Å². The fourth-order valence-corrected chi connectivity index (χ4v) is 2.76. The van der Waals surface area contributed by atoms with E-state index in [0.717, 1.165) is 43.9 Å². The molecule has 1 N–H and O–H groups in total. The molecular weight excluding hydrogens is 222 g/mol. The first-order valence-electron chi connectivity index (χ1n) is 6.21. The lowest BCUT2D eigenvalue weighted by Crippen LogP contribution is -2.21. The summed E-state index contributed by atoms with van der Waals surface area (Å²) in [4.78, 5) is 0. The third kappa shape index (κ3) is 2.83. The Hall–Kier alpha value is -0.960. The van der Waals surface area contributed by atoms with Crippen LogP contribution in [-0.2, 0) is 0 Å². The minimum Gasteiger partial charge on any atom is -0.388 e. The molecule has 1 aliphatic carbocycles. The zero-order valence-electron chi connectivity index (χ0n) is 10.00. The molecule has 3 heteroatoms. The van der Waals surface area contributed by atoms with Gasteiger partial charge in [0, 0.05) is 5.56 Å². The first kappa shape index (κ1) is 12.5. The predicted octanol–water partition coefficient (Wildman–Crippen LogP) is 3.82. The van der Waals surface area contributed by atoms with E-state index in [2.05, 4.69) is 6.92 Å². The Bertz CT molecular complexity index is 392. The molecule has 2 rings (SSSR count). The molecule has 0 aromatic heterocycles. The van der Waals surface area contributed by atoms with Crippen LogP contribution in [0.25, 0.3) is 0 Å². The second-order valence-corrected chi connectivity index (χ2v) is 5.14. The predicted molar refractivity (Wildman–Crippen MR) is 62.4 cm³/mol. The number of hydrogen-bond acceptors (Lipinski definition) is 1. The molecule has 0 heterocycles. The van der Waals surface area contributed by atoms with E-state index >= 15 is 0 Å². The highest BCUT2D eigenvalue weighted by Crippen LogP contribution is 2.37. The van der Waals surface area contributed by atoms with E-state index in [0.29, 0.717) is 5.92 Å². The maximum atomic E-state index is 13.5. The Morgan fingerprint density at radius 3 is 2.76 bits per heavy atom. The highest BCUT2D eigenvalue weighted by molar-refractivity contribution is 5.21. The molecule has 0 bridgehead atoms. The molecule has 3 atom stereocenters. The van der Waals surface area contributed by atoms with Crippen molar-refractivity contribution in [3.8, 4) is 0 Å². The molecule has 0 saturated heterocycles. The third-order valence-electron chi connectivity index (χ3n) is 3.70. The molecule has 1 nitrogen and oxygen atoms in total. The standard InChI is InChI=1S/C14H18F2O/c1-9-3-2-4-10(7-9)14(17)12-8-11(15)5-6-13(12)16/h5-6,8-10,14,17H,2-4,7H2,1H3. The van der Waals surface area contributed by atoms with Gasteiger partial charge in [-0.2, -0.15) is 0 Å². The zero-order chi connectivity index (χ0) is 12.4. The van der Waals surface area contributed by atoms with Gasteiger partial charge in [0.25, 0.3) is 0 Å². The monoisotopic (exact) mass is 240 g/mol. The van der Waals surface area contributed by atoms with Crippen LogP contribution in [-0.4, -0.2) is 5.11 Å². The number of halogens is 2. The summed E-state index contributed by atoms with van der Waals surface area (Å²) < 4.78 is 26.6. The number of aliphatic hydroxyl groups is 1. The van der Waals surface area contributed by atoms with Crippen LogP contribution in [0.1, 0.15) is 44.3 Å². The molecule has 1 aromatic rings. The summed E-state index contributed by atoms with van der Waals surface area (Å²) in [6, 6.07) is 3.27. The molecule has 17 heavy (non-hydrogen) atoms. The van der Waals surface area contributed by atoms with Crippen molar-refractivity contribution in [3.05, 3.63) is 35.4 Å². The Morgan fingerprint density at radius 1 is 1.29 bits per heavy atom. The van der Waals surface area contributed by atoms with E-state index in [1.54, 1.807) is 0 Å². The van der Waals surface area contributed by atoms with E-state index < -0.39 is 17.7 Å². The quantitative estimate of drug-likeness (QED) is 0.833. The van der Waals surface area contributed by atoms with Gasteiger partial charge in [0.15, 0.2) is 0 Å². The van der Waals surface area contributed by atoms with E-state index in [1.165, 1.54) is 0 Å². The molecule has 1 aliphatic rings. The van der Waals surface area contributed by atoms with Gasteiger partial charge in [-0.05, 0) is 42.9 Å². The maximum absolute atomic E-state index is 13.5. The van der Waals surface area contributed by atoms with Crippen LogP contribution < -0.4 is 0 Å². The fourth-order valence-electron chi connectivity index (χ4n) is 2.76. The van der Waals surface area contributed by atoms with E-state index in [1.807, 2.05) is 0 Å². The van der Waals surface area contributed by atoms with Crippen molar-refractivity contribution in [2.75, 3.05) is 0 Å². The average Bonchev–Trinajstić information content (AvgIpc) is 2.31. The van der Waals surface area contributed by atoms with Gasteiger partial charge < -0.3 is 5.11 Å². The average molecular weight is 240 g/mol. The van der Waals surface area contributed by atoms with Crippen molar-refractivity contribution in [1.82, 2.24) is 0 Å². The number of rotatable bonds is 2. The number of hydrogen-bond donors (Lipinski definition) is 1. The molecule has 0 aliphatic heterocycles. The SMILES string of the molecule is CC1CCCC(C(O)c2cc(F)ccc2F)C1. The molecule has 94 valence electrons. The van der Waals surface area contributed by atoms with Crippen LogP contribution in [0.2, 0.25) is 0 Å². The highest BCUT2D eigenvalue weighted by atomic mass is 19.1. The van der Waals surface area contributed by atoms with Crippen LogP contribution in [0.3, 0.4) is 0 Å². The van der Waals surface area contributed by atoms with Crippen molar-refractivity contribution in [2.45, 2.75) is 38.7 Å². The van der Waals surface area contributed by atoms with Crippen LogP contribution >= 0.6 is 0 Å². The summed E-state index contributed by atoms with van der Waals surface area (Å²) in [6.45, 7) is 2.14. The lowest BCUT2D eigenvalue weighted by molar-refractivity contribution is 0.0682. The van der Waals surface area contributed by atoms with Gasteiger partial charge in [-0.15, -0.1) is 0 Å². The summed E-state index contributed by atoms with van der Waals surface area (Å²) >= 11 is 0. The highest BCUT2D eigenvalue weighted by Gasteiger charge is 2.28. The van der Waals surface area contributed by atoms with Crippen molar-refractivity contribution in [2.24, 2.45) is 11.8 Å². The summed E-state index contributed by atoms with van der Waals surface area (Å²) in [7, 11) is 0. The molecular formula is C14H18F2O. The summed E-state index contributed by atoms with van der Waals surface area (Å²) in [5.74, 6) is -0.406. The number of aliphatic hydroxyl groups excluding tert-OH is 1. The Balaban J connectivity index is 2.18. The topological polar surface area (TPSA) is 20.2 Å². The van der Waals surface area contributed by atoms with E-state index in [4.69, 9.17) is 0 Å². The van der Waals surface area contributed by atoms with Crippen molar-refractivity contribution >= 4 is 0 Å². The van der Waals surface area contributed by atoms with Crippen molar-refractivity contribution in [3.63, 3.8) is 0 Å². The molecule has 0 radical (unpaired) electrons. The van der Waals surface area contributed by atoms with E-state index in [9.17, 15) is 13.9 Å². The van der Waals surface area contributed by atoms with Crippen LogP contribution in [0.15, 0.2) is 18.2 Å². The Labute approximate surface area is 100 Å². The van der Waals surface area contributed by atoms with Gasteiger partial charge in [-0.25, -0.2) is 8.78 Å². The van der Waals surface area contributed by atoms with E-state index in [-0.39, 0.29) is 11.5 Å². The minimum absolute atomic E-state index is 0.0510. The van der Waals surface area contributed by atoms with Gasteiger partial charge in [-0.3, -0.25) is 0 Å². The Morgan fingerprint density at radius 2 is 2.06 bits per heavy atom. The summed E-state index contributed by atoms with van der Waals surface area (Å²) in [5, 5.41) is 10.2. The van der Waals surface area contributed by atoms with Gasteiger partial charge >= 0.3 is 0 Å². The number of benzene rings is 1. The second-order valence-electron chi connectivity index (χ2n) is 5.14. The zero-order valence-corrected chi connectivity index (χ0v) is 10.00. The molecule has 3 unspecified atom stereocenters. The fraction of sp³-hybridized carbons (Fsp3) is 0.571. The third-order valence-corrected chi connectivity index (χ3v) is 3.70. The normalized spacial score (nSPS) is 26.8. The van der Waals surface area contributed by atoms with Crippen LogP contribution in [0.5, 0.6) is 0 Å². The second kappa shape index (κ2) is 5.13. The van der Waals surface area contributed by atoms with Crippen LogP contribution in [0, 0.1) is 23.5 Å². The molecule has 1 saturated carbocycles. The molecule has 1 fully saturated rings. The summed E-state index contributed by atoms with van der Waals surface area (Å²) in [5.41, 5.74) is 0.101. The first-order chi connectivity index (χ1) is 8.08. The minimum atomic E-state index is -0.881. The smallest absolute Gasteiger partial charge is 0.129 e. The van der Waals surface area contributed by atoms with Crippen molar-refractivity contribution in [1.29, 1.82) is 0 Å². The van der Waals surface area contributed by atoms with Gasteiger partial charge in [-0.1, -0.05) is 19.8 Å². The largest absolute Gasteiger partial charge is 0.388 e. The first-order valence-corrected chi connectivity index (χ1v) is 6.21.